The molecule has 0 amide bonds. The van der Waals surface area contributed by atoms with Crippen molar-refractivity contribution < 1.29 is 28.6 Å². The molecule has 0 saturated carbocycles. The molecule has 0 fully saturated rings. The summed E-state index contributed by atoms with van der Waals surface area (Å²) in [6, 6.07) is 0. The zero-order valence-corrected chi connectivity index (χ0v) is 54.8. The standard InChI is InChI=1S/C75H140O6/c1-4-7-10-13-16-19-22-25-27-29-30-31-32-33-34-35-36-37-38-39-40-41-42-43-44-46-47-50-53-56-59-62-65-68-74(77)80-71-72(70-79-73(76)67-64-61-58-55-52-49-24-21-18-15-12-9-6-3)81-75(78)69-66-63-60-57-54-51-48-45-28-26-23-20-17-14-11-8-5-2/h22,25-26,28-30,72H,4-21,23-24,27,31-71H2,1-3H3/b25-22-,28-26-,30-29-. The summed E-state index contributed by atoms with van der Waals surface area (Å²) >= 11 is 0. The minimum atomic E-state index is -0.771. The number of ether oxygens (including phenoxy) is 3. The van der Waals surface area contributed by atoms with E-state index in [1.54, 1.807) is 0 Å². The van der Waals surface area contributed by atoms with Crippen LogP contribution in [0.3, 0.4) is 0 Å². The van der Waals surface area contributed by atoms with Crippen molar-refractivity contribution in [3.05, 3.63) is 36.5 Å². The third kappa shape index (κ3) is 68.3. The molecule has 0 aliphatic heterocycles. The molecule has 6 heteroatoms. The highest BCUT2D eigenvalue weighted by Gasteiger charge is 2.19. The van der Waals surface area contributed by atoms with E-state index >= 15 is 0 Å². The van der Waals surface area contributed by atoms with Crippen molar-refractivity contribution in [2.24, 2.45) is 0 Å². The summed E-state index contributed by atoms with van der Waals surface area (Å²) in [6.45, 7) is 6.69. The van der Waals surface area contributed by atoms with Gasteiger partial charge in [0.2, 0.25) is 0 Å². The van der Waals surface area contributed by atoms with Crippen LogP contribution in [0.25, 0.3) is 0 Å². The fourth-order valence-electron chi connectivity index (χ4n) is 11.1. The molecule has 0 aromatic rings. The number of unbranched alkanes of at least 4 members (excludes halogenated alkanes) is 51. The van der Waals surface area contributed by atoms with Crippen molar-refractivity contribution in [1.82, 2.24) is 0 Å². The Hall–Kier alpha value is -2.37. The van der Waals surface area contributed by atoms with Crippen molar-refractivity contribution in [2.45, 2.75) is 412 Å². The highest BCUT2D eigenvalue weighted by atomic mass is 16.6. The highest BCUT2D eigenvalue weighted by Crippen LogP contribution is 2.19. The van der Waals surface area contributed by atoms with Gasteiger partial charge in [-0.1, -0.05) is 346 Å². The average molecular weight is 1140 g/mol. The van der Waals surface area contributed by atoms with E-state index in [2.05, 4.69) is 57.2 Å². The van der Waals surface area contributed by atoms with Crippen LogP contribution in [0.15, 0.2) is 36.5 Å². The number of hydrogen-bond donors (Lipinski definition) is 0. The molecule has 0 aliphatic rings. The summed E-state index contributed by atoms with van der Waals surface area (Å²) in [5, 5.41) is 0. The Morgan fingerprint density at radius 3 is 0.691 bits per heavy atom. The van der Waals surface area contributed by atoms with Gasteiger partial charge in [0.25, 0.3) is 0 Å². The molecule has 0 aliphatic carbocycles. The third-order valence-electron chi connectivity index (χ3n) is 16.6. The van der Waals surface area contributed by atoms with Crippen LogP contribution in [-0.2, 0) is 28.6 Å². The molecule has 81 heavy (non-hydrogen) atoms. The second-order valence-electron chi connectivity index (χ2n) is 24.9. The first-order valence-corrected chi connectivity index (χ1v) is 36.5. The van der Waals surface area contributed by atoms with Crippen molar-refractivity contribution in [3.63, 3.8) is 0 Å². The average Bonchev–Trinajstić information content (AvgIpc) is 3.46. The van der Waals surface area contributed by atoms with Crippen molar-refractivity contribution in [2.75, 3.05) is 13.2 Å². The number of allylic oxidation sites excluding steroid dienone is 6. The van der Waals surface area contributed by atoms with Crippen molar-refractivity contribution in [3.8, 4) is 0 Å². The van der Waals surface area contributed by atoms with Gasteiger partial charge in [-0.25, -0.2) is 0 Å². The van der Waals surface area contributed by atoms with E-state index in [1.165, 1.54) is 302 Å². The summed E-state index contributed by atoms with van der Waals surface area (Å²) in [5.74, 6) is -0.842. The van der Waals surface area contributed by atoms with Gasteiger partial charge in [0, 0.05) is 19.3 Å². The highest BCUT2D eigenvalue weighted by molar-refractivity contribution is 5.71. The normalized spacial score (nSPS) is 12.2. The Kier molecular flexibility index (Phi) is 68.1. The summed E-state index contributed by atoms with van der Waals surface area (Å²) < 4.78 is 17.0. The minimum Gasteiger partial charge on any atom is -0.462 e. The number of esters is 3. The fourth-order valence-corrected chi connectivity index (χ4v) is 11.1. The Balaban J connectivity index is 4.10. The number of carbonyl (C=O) groups is 3. The SMILES string of the molecule is CCCCCCC/C=C\C/C=C\CCCCCCCCCCCCCCCCCCCCCCCC(=O)OCC(COC(=O)CCCCCCCCCCCCCCC)OC(=O)CCCCCCCCC/C=C\CCCCCCCC. The van der Waals surface area contributed by atoms with Gasteiger partial charge in [-0.15, -0.1) is 0 Å². The Morgan fingerprint density at radius 1 is 0.247 bits per heavy atom. The summed E-state index contributed by atoms with van der Waals surface area (Å²) in [6.07, 6.45) is 87.6. The maximum Gasteiger partial charge on any atom is 0.306 e. The van der Waals surface area contributed by atoms with Gasteiger partial charge >= 0.3 is 17.9 Å². The zero-order valence-electron chi connectivity index (χ0n) is 54.8. The predicted molar refractivity (Wildman–Crippen MR) is 353 cm³/mol. The van der Waals surface area contributed by atoms with E-state index in [1.807, 2.05) is 0 Å². The first-order valence-electron chi connectivity index (χ1n) is 36.5. The second-order valence-corrected chi connectivity index (χ2v) is 24.9. The molecule has 0 radical (unpaired) electrons. The van der Waals surface area contributed by atoms with Crippen LogP contribution < -0.4 is 0 Å². The van der Waals surface area contributed by atoms with Gasteiger partial charge in [0.15, 0.2) is 6.10 Å². The molecule has 476 valence electrons. The third-order valence-corrected chi connectivity index (χ3v) is 16.6. The summed E-state index contributed by atoms with van der Waals surface area (Å²) in [4.78, 5) is 38.4. The van der Waals surface area contributed by atoms with E-state index < -0.39 is 6.10 Å². The maximum absolute atomic E-state index is 12.9. The summed E-state index contributed by atoms with van der Waals surface area (Å²) in [5.41, 5.74) is 0. The molecule has 0 heterocycles. The van der Waals surface area contributed by atoms with E-state index in [0.29, 0.717) is 19.3 Å². The monoisotopic (exact) mass is 1140 g/mol. The van der Waals surface area contributed by atoms with Crippen LogP contribution in [0.1, 0.15) is 406 Å². The van der Waals surface area contributed by atoms with Crippen LogP contribution in [0.5, 0.6) is 0 Å². The fraction of sp³-hybridized carbons (Fsp3) is 0.880. The Bertz CT molecular complexity index is 1350. The molecular formula is C75H140O6. The Labute approximate surface area is 506 Å². The molecular weight excluding hydrogens is 997 g/mol. The van der Waals surface area contributed by atoms with Crippen LogP contribution in [0, 0.1) is 0 Å². The van der Waals surface area contributed by atoms with Crippen LogP contribution in [0.4, 0.5) is 0 Å². The van der Waals surface area contributed by atoms with E-state index in [4.69, 9.17) is 14.2 Å². The predicted octanol–water partition coefficient (Wildman–Crippen LogP) is 25.1. The van der Waals surface area contributed by atoms with Crippen LogP contribution >= 0.6 is 0 Å². The molecule has 1 atom stereocenters. The van der Waals surface area contributed by atoms with Gasteiger partial charge in [-0.3, -0.25) is 14.4 Å². The molecule has 0 bridgehead atoms. The molecule has 0 spiro atoms. The minimum absolute atomic E-state index is 0.0674. The zero-order chi connectivity index (χ0) is 58.5. The largest absolute Gasteiger partial charge is 0.462 e. The van der Waals surface area contributed by atoms with E-state index in [9.17, 15) is 14.4 Å². The lowest BCUT2D eigenvalue weighted by molar-refractivity contribution is -0.167. The number of hydrogen-bond acceptors (Lipinski definition) is 6. The Morgan fingerprint density at radius 2 is 0.444 bits per heavy atom. The van der Waals surface area contributed by atoms with Crippen molar-refractivity contribution in [1.29, 1.82) is 0 Å². The molecule has 1 unspecified atom stereocenters. The second kappa shape index (κ2) is 70.1. The van der Waals surface area contributed by atoms with Crippen LogP contribution in [0.2, 0.25) is 0 Å². The quantitative estimate of drug-likeness (QED) is 0.0261. The topological polar surface area (TPSA) is 78.9 Å². The lowest BCUT2D eigenvalue weighted by atomic mass is 10.0. The van der Waals surface area contributed by atoms with Gasteiger partial charge in [-0.2, -0.15) is 0 Å². The lowest BCUT2D eigenvalue weighted by Gasteiger charge is -2.18. The molecule has 0 aromatic heterocycles. The van der Waals surface area contributed by atoms with Gasteiger partial charge in [0.05, 0.1) is 0 Å². The van der Waals surface area contributed by atoms with Gasteiger partial charge < -0.3 is 14.2 Å². The van der Waals surface area contributed by atoms with E-state index in [0.717, 1.165) is 64.2 Å². The number of rotatable bonds is 68. The molecule has 0 saturated heterocycles. The van der Waals surface area contributed by atoms with Crippen molar-refractivity contribution >= 4 is 17.9 Å². The molecule has 0 N–H and O–H groups in total. The van der Waals surface area contributed by atoms with Gasteiger partial charge in [-0.05, 0) is 77.0 Å². The van der Waals surface area contributed by atoms with Crippen LogP contribution in [-0.4, -0.2) is 37.2 Å². The number of carbonyl (C=O) groups excluding carboxylic acids is 3. The lowest BCUT2D eigenvalue weighted by Crippen LogP contribution is -2.30. The first kappa shape index (κ1) is 78.6. The van der Waals surface area contributed by atoms with Gasteiger partial charge in [0.1, 0.15) is 13.2 Å². The first-order chi connectivity index (χ1) is 40.0. The smallest absolute Gasteiger partial charge is 0.306 e. The molecule has 0 rings (SSSR count). The molecule has 6 nitrogen and oxygen atoms in total. The van der Waals surface area contributed by atoms with E-state index in [-0.39, 0.29) is 31.1 Å². The summed E-state index contributed by atoms with van der Waals surface area (Å²) in [7, 11) is 0. The maximum atomic E-state index is 12.9. The molecule has 0 aromatic carbocycles.